The van der Waals surface area contributed by atoms with Crippen LogP contribution in [0, 0.1) is 5.41 Å². The van der Waals surface area contributed by atoms with Crippen molar-refractivity contribution < 1.29 is 0 Å². The molecule has 3 N–H and O–H groups in total. The zero-order chi connectivity index (χ0) is 34.0. The molecule has 0 heterocycles. The van der Waals surface area contributed by atoms with Crippen LogP contribution in [0.3, 0.4) is 0 Å². The van der Waals surface area contributed by atoms with Crippen molar-refractivity contribution in [2.45, 2.75) is 19.3 Å². The van der Waals surface area contributed by atoms with Crippen molar-refractivity contribution in [3.63, 3.8) is 0 Å². The second kappa shape index (κ2) is 11.4. The van der Waals surface area contributed by atoms with Crippen molar-refractivity contribution in [3.05, 3.63) is 197 Å². The first-order valence-electron chi connectivity index (χ1n) is 17.1. The molecule has 1 unspecified atom stereocenters. The zero-order valence-electron chi connectivity index (χ0n) is 28.0. The van der Waals surface area contributed by atoms with Gasteiger partial charge in [0.05, 0.1) is 5.41 Å². The van der Waals surface area contributed by atoms with Gasteiger partial charge in [0.2, 0.25) is 0 Å². The first kappa shape index (κ1) is 29.8. The summed E-state index contributed by atoms with van der Waals surface area (Å²) >= 11 is 0. The van der Waals surface area contributed by atoms with Gasteiger partial charge in [0.25, 0.3) is 0 Å². The number of rotatable bonds is 4. The van der Waals surface area contributed by atoms with E-state index in [4.69, 9.17) is 11.1 Å². The molecular weight excluding hydrogens is 607 g/mol. The van der Waals surface area contributed by atoms with Crippen LogP contribution in [-0.2, 0) is 5.41 Å². The number of nitrogens with one attached hydrogen (secondary N) is 1. The monoisotopic (exact) mass is 641 g/mol. The van der Waals surface area contributed by atoms with Gasteiger partial charge in [0, 0.05) is 11.1 Å². The Kier molecular flexibility index (Phi) is 6.79. The number of amidine groups is 2. The normalized spacial score (nSPS) is 16.4. The maximum absolute atomic E-state index is 9.11. The van der Waals surface area contributed by atoms with Crippen LogP contribution in [0.4, 0.5) is 0 Å². The number of allylic oxidation sites excluding steroid dienone is 4. The molecular formula is C47H35N3. The van der Waals surface area contributed by atoms with Crippen LogP contribution in [0.5, 0.6) is 0 Å². The number of fused-ring (bicyclic) bond motifs is 12. The van der Waals surface area contributed by atoms with Crippen LogP contribution < -0.4 is 5.73 Å². The molecule has 0 aromatic heterocycles. The molecule has 0 amide bonds. The van der Waals surface area contributed by atoms with E-state index >= 15 is 0 Å². The van der Waals surface area contributed by atoms with Gasteiger partial charge in [-0.15, -0.1) is 0 Å². The molecule has 3 nitrogen and oxygen atoms in total. The Bertz CT molecular complexity index is 2640. The summed E-state index contributed by atoms with van der Waals surface area (Å²) in [7, 11) is 0. The third-order valence-corrected chi connectivity index (χ3v) is 10.7. The summed E-state index contributed by atoms with van der Waals surface area (Å²) in [5.74, 6) is 0.461. The quantitative estimate of drug-likeness (QED) is 0.112. The maximum atomic E-state index is 9.11. The summed E-state index contributed by atoms with van der Waals surface area (Å²) < 4.78 is 0. The van der Waals surface area contributed by atoms with Crippen LogP contribution >= 0.6 is 0 Å². The van der Waals surface area contributed by atoms with Gasteiger partial charge >= 0.3 is 0 Å². The van der Waals surface area contributed by atoms with E-state index < -0.39 is 5.41 Å². The molecule has 0 bridgehead atoms. The van der Waals surface area contributed by atoms with E-state index in [-0.39, 0.29) is 5.84 Å². The fraction of sp³-hybridized carbons (Fsp3) is 0.0638. The number of benzene rings is 7. The lowest BCUT2D eigenvalue weighted by Crippen LogP contribution is -2.26. The second-order valence-electron chi connectivity index (χ2n) is 13.2. The predicted octanol–water partition coefficient (Wildman–Crippen LogP) is 11.1. The standard InChI is InChI=1S/C47H35N3/c1-3-15-32-29(2)47(41-25-14-13-24-40(41)43-37-21-10-8-19-34(37)35-20-9-11-22-38(35)44(43)47)42-28-31(26-27-36(32)42)33-18-7-12-23-39(33)46(49)50-45(48)30-16-5-4-6-17-30/h3-28H,1-2H3,(H3,48,49,50)/b15-3-. The number of hydrogen-bond donors (Lipinski definition) is 2. The lowest BCUT2D eigenvalue weighted by molar-refractivity contribution is 0.774. The van der Waals surface area contributed by atoms with Crippen molar-refractivity contribution >= 4 is 38.8 Å². The Hall–Kier alpha value is -6.32. The van der Waals surface area contributed by atoms with Crippen molar-refractivity contribution in [1.29, 1.82) is 5.41 Å². The molecule has 50 heavy (non-hydrogen) atoms. The van der Waals surface area contributed by atoms with Crippen LogP contribution in [-0.4, -0.2) is 11.7 Å². The molecule has 0 saturated carbocycles. The molecule has 238 valence electrons. The van der Waals surface area contributed by atoms with E-state index in [1.54, 1.807) is 0 Å². The first-order valence-corrected chi connectivity index (χ1v) is 17.1. The van der Waals surface area contributed by atoms with Gasteiger partial charge in [-0.2, -0.15) is 0 Å². The highest BCUT2D eigenvalue weighted by atomic mass is 14.9. The lowest BCUT2D eigenvalue weighted by atomic mass is 9.68. The van der Waals surface area contributed by atoms with Gasteiger partial charge < -0.3 is 5.73 Å². The largest absolute Gasteiger partial charge is 0.383 e. The average molecular weight is 642 g/mol. The van der Waals surface area contributed by atoms with Crippen molar-refractivity contribution in [1.82, 2.24) is 0 Å². The van der Waals surface area contributed by atoms with E-state index in [2.05, 4.69) is 128 Å². The summed E-state index contributed by atoms with van der Waals surface area (Å²) in [4.78, 5) is 4.58. The Morgan fingerprint density at radius 2 is 1.26 bits per heavy atom. The van der Waals surface area contributed by atoms with Gasteiger partial charge in [-0.25, -0.2) is 4.99 Å². The number of nitrogens with zero attached hydrogens (tertiary/aromatic N) is 1. The number of aliphatic imine (C=N–C) groups is 1. The molecule has 9 rings (SSSR count). The third-order valence-electron chi connectivity index (χ3n) is 10.7. The fourth-order valence-corrected chi connectivity index (χ4v) is 8.68. The SMILES string of the molecule is C/C=C\C1=C(C)C2(c3cc(-c4ccccc4C(=N)/N=C(\N)c4ccccc4)ccc31)c1ccccc1-c1c2c2ccccc2c2ccccc12. The van der Waals surface area contributed by atoms with E-state index in [0.717, 1.165) is 22.3 Å². The van der Waals surface area contributed by atoms with E-state index in [1.807, 2.05) is 48.5 Å². The summed E-state index contributed by atoms with van der Waals surface area (Å²) in [5, 5.41) is 14.2. The average Bonchev–Trinajstić information content (AvgIpc) is 3.61. The van der Waals surface area contributed by atoms with Gasteiger partial charge in [-0.3, -0.25) is 5.41 Å². The van der Waals surface area contributed by atoms with Crippen LogP contribution in [0.2, 0.25) is 0 Å². The first-order chi connectivity index (χ1) is 24.5. The Morgan fingerprint density at radius 1 is 0.640 bits per heavy atom. The molecule has 2 aliphatic rings. The molecule has 1 spiro atoms. The molecule has 7 aromatic rings. The minimum atomic E-state index is -0.506. The smallest absolute Gasteiger partial charge is 0.154 e. The summed E-state index contributed by atoms with van der Waals surface area (Å²) in [5.41, 5.74) is 19.8. The van der Waals surface area contributed by atoms with Crippen LogP contribution in [0.15, 0.2) is 168 Å². The Balaban J connectivity index is 1.34. The van der Waals surface area contributed by atoms with Crippen LogP contribution in [0.25, 0.3) is 49.4 Å². The Morgan fingerprint density at radius 3 is 2.02 bits per heavy atom. The number of nitrogens with two attached hydrogens (primary N) is 1. The van der Waals surface area contributed by atoms with E-state index in [9.17, 15) is 0 Å². The number of hydrogen-bond acceptors (Lipinski definition) is 1. The van der Waals surface area contributed by atoms with Gasteiger partial charge in [0.15, 0.2) is 5.84 Å². The topological polar surface area (TPSA) is 62.2 Å². The highest BCUT2D eigenvalue weighted by molar-refractivity contribution is 6.20. The van der Waals surface area contributed by atoms with Gasteiger partial charge in [-0.05, 0) is 97.1 Å². The third kappa shape index (κ3) is 4.10. The van der Waals surface area contributed by atoms with E-state index in [1.165, 1.54) is 66.1 Å². The summed E-state index contributed by atoms with van der Waals surface area (Å²) in [6.07, 6.45) is 4.43. The van der Waals surface area contributed by atoms with Crippen molar-refractivity contribution in [2.75, 3.05) is 0 Å². The summed E-state index contributed by atoms with van der Waals surface area (Å²) in [6, 6.07) is 51.3. The molecule has 1 atom stereocenters. The predicted molar refractivity (Wildman–Crippen MR) is 210 cm³/mol. The Labute approximate surface area is 292 Å². The van der Waals surface area contributed by atoms with Crippen LogP contribution in [0.1, 0.15) is 47.2 Å². The van der Waals surface area contributed by atoms with Crippen molar-refractivity contribution in [2.24, 2.45) is 10.7 Å². The highest BCUT2D eigenvalue weighted by Gasteiger charge is 2.52. The highest BCUT2D eigenvalue weighted by Crippen LogP contribution is 2.65. The molecule has 0 fully saturated rings. The summed E-state index contributed by atoms with van der Waals surface area (Å²) in [6.45, 7) is 4.43. The molecule has 7 aromatic carbocycles. The minimum Gasteiger partial charge on any atom is -0.383 e. The fourth-order valence-electron chi connectivity index (χ4n) is 8.68. The molecule has 0 radical (unpaired) electrons. The zero-order valence-corrected chi connectivity index (χ0v) is 28.0. The molecule has 0 saturated heterocycles. The van der Waals surface area contributed by atoms with Gasteiger partial charge in [-0.1, -0.05) is 152 Å². The lowest BCUT2D eigenvalue weighted by Gasteiger charge is -2.33. The molecule has 2 aliphatic carbocycles. The van der Waals surface area contributed by atoms with Crippen molar-refractivity contribution in [3.8, 4) is 22.3 Å². The molecule has 0 aliphatic heterocycles. The molecule has 3 heteroatoms. The van der Waals surface area contributed by atoms with Gasteiger partial charge in [0.1, 0.15) is 5.84 Å². The maximum Gasteiger partial charge on any atom is 0.154 e. The van der Waals surface area contributed by atoms with E-state index in [0.29, 0.717) is 5.84 Å². The second-order valence-corrected chi connectivity index (χ2v) is 13.2. The minimum absolute atomic E-state index is 0.134.